The van der Waals surface area contributed by atoms with Crippen LogP contribution in [-0.4, -0.2) is 13.2 Å². The minimum atomic E-state index is -0.821. The molecular formula is C40H46F4O. The van der Waals surface area contributed by atoms with Crippen molar-refractivity contribution in [1.29, 1.82) is 0 Å². The Balaban J connectivity index is 1.15. The molecule has 0 aromatic heterocycles. The number of hydrogen-bond acceptors (Lipinski definition) is 1. The van der Waals surface area contributed by atoms with E-state index in [1.54, 1.807) is 12.1 Å². The summed E-state index contributed by atoms with van der Waals surface area (Å²) < 4.78 is 62.9. The van der Waals surface area contributed by atoms with Crippen LogP contribution in [0.25, 0.3) is 0 Å². The largest absolute Gasteiger partial charge is 0.380 e. The van der Waals surface area contributed by atoms with Crippen molar-refractivity contribution in [2.24, 2.45) is 22.7 Å². The second-order valence-electron chi connectivity index (χ2n) is 14.5. The van der Waals surface area contributed by atoms with Gasteiger partial charge < -0.3 is 4.74 Å². The van der Waals surface area contributed by atoms with Gasteiger partial charge in [0.1, 0.15) is 0 Å². The van der Waals surface area contributed by atoms with E-state index in [4.69, 9.17) is 4.74 Å². The highest BCUT2D eigenvalue weighted by Gasteiger charge is 2.48. The van der Waals surface area contributed by atoms with E-state index in [0.717, 1.165) is 62.5 Å². The maximum Gasteiger partial charge on any atom is 0.159 e. The summed E-state index contributed by atoms with van der Waals surface area (Å²) in [6.07, 6.45) is 28.6. The zero-order valence-corrected chi connectivity index (χ0v) is 26.6. The highest BCUT2D eigenvalue weighted by atomic mass is 19.2. The fraction of sp³-hybridized carbons (Fsp3) is 0.500. The molecule has 0 heterocycles. The first-order valence-electron chi connectivity index (χ1n) is 16.9. The quantitative estimate of drug-likeness (QED) is 0.211. The second kappa shape index (κ2) is 12.7. The average Bonchev–Trinajstić information content (AvgIpc) is 3.05. The van der Waals surface area contributed by atoms with Gasteiger partial charge in [-0.3, -0.25) is 0 Å². The lowest BCUT2D eigenvalue weighted by Gasteiger charge is -2.50. The molecule has 0 amide bonds. The summed E-state index contributed by atoms with van der Waals surface area (Å²) in [6.45, 7) is 5.60. The second-order valence-corrected chi connectivity index (χ2v) is 14.5. The monoisotopic (exact) mass is 618 g/mol. The van der Waals surface area contributed by atoms with E-state index < -0.39 is 34.1 Å². The molecule has 0 unspecified atom stereocenters. The Hall–Kier alpha value is -2.92. The number of benzene rings is 2. The maximum atomic E-state index is 14.4. The molecule has 2 saturated carbocycles. The first kappa shape index (κ1) is 32.0. The number of ether oxygens (including phenoxy) is 1. The Morgan fingerprint density at radius 2 is 0.889 bits per heavy atom. The molecule has 2 fully saturated rings. The molecule has 240 valence electrons. The maximum absolute atomic E-state index is 14.4. The van der Waals surface area contributed by atoms with Gasteiger partial charge in [-0.25, -0.2) is 17.6 Å². The van der Waals surface area contributed by atoms with Crippen molar-refractivity contribution >= 4 is 0 Å². The van der Waals surface area contributed by atoms with Gasteiger partial charge in [0.2, 0.25) is 0 Å². The zero-order chi connectivity index (χ0) is 31.7. The predicted octanol–water partition coefficient (Wildman–Crippen LogP) is 10.9. The summed E-state index contributed by atoms with van der Waals surface area (Å²) in [4.78, 5) is 0. The Labute approximate surface area is 266 Å². The topological polar surface area (TPSA) is 9.23 Å². The van der Waals surface area contributed by atoms with Crippen LogP contribution < -0.4 is 0 Å². The van der Waals surface area contributed by atoms with Gasteiger partial charge in [0.05, 0.1) is 13.2 Å². The molecule has 4 aliphatic rings. The standard InChI is InChI=1S/C40H46F4O/c1-37(17-5-3-6-18-37)39(31-9-11-33(41)35(43)25-31)21-13-29(14-22-39)27-45-28-30-15-23-40(24-16-30,38(2)19-7-4-8-20-38)32-10-12-34(42)36(44)26-32/h9-16,21-26,29-30H,3-8,17-20,27-28H2,1-2H3. The van der Waals surface area contributed by atoms with Crippen LogP contribution in [0.4, 0.5) is 17.6 Å². The van der Waals surface area contributed by atoms with Gasteiger partial charge in [-0.05, 0) is 71.9 Å². The van der Waals surface area contributed by atoms with Gasteiger partial charge >= 0.3 is 0 Å². The molecular weight excluding hydrogens is 572 g/mol. The number of hydrogen-bond donors (Lipinski definition) is 0. The van der Waals surface area contributed by atoms with Crippen LogP contribution in [0.3, 0.4) is 0 Å². The smallest absolute Gasteiger partial charge is 0.159 e. The highest BCUT2D eigenvalue weighted by molar-refractivity contribution is 5.45. The van der Waals surface area contributed by atoms with Crippen LogP contribution in [0.15, 0.2) is 85.0 Å². The molecule has 2 aromatic rings. The molecule has 0 spiro atoms. The Bertz CT molecular complexity index is 1350. The summed E-state index contributed by atoms with van der Waals surface area (Å²) in [5.41, 5.74) is 0.442. The van der Waals surface area contributed by atoms with Crippen LogP contribution in [0.2, 0.25) is 0 Å². The molecule has 0 radical (unpaired) electrons. The van der Waals surface area contributed by atoms with Gasteiger partial charge in [-0.1, -0.05) is 113 Å². The van der Waals surface area contributed by atoms with Crippen molar-refractivity contribution in [3.63, 3.8) is 0 Å². The van der Waals surface area contributed by atoms with E-state index in [0.29, 0.717) is 13.2 Å². The van der Waals surface area contributed by atoms with E-state index in [1.807, 2.05) is 0 Å². The molecule has 5 heteroatoms. The molecule has 1 nitrogen and oxygen atoms in total. The van der Waals surface area contributed by atoms with Crippen LogP contribution in [0.1, 0.15) is 89.2 Å². The zero-order valence-electron chi connectivity index (χ0n) is 26.6. The van der Waals surface area contributed by atoms with Crippen molar-refractivity contribution in [1.82, 2.24) is 0 Å². The van der Waals surface area contributed by atoms with Gasteiger partial charge in [0.15, 0.2) is 23.3 Å². The third-order valence-electron chi connectivity index (χ3n) is 11.8. The fourth-order valence-corrected chi connectivity index (χ4v) is 8.79. The molecule has 0 aliphatic heterocycles. The summed E-state index contributed by atoms with van der Waals surface area (Å²) in [5.74, 6) is -3.10. The Kier molecular flexibility index (Phi) is 9.04. The third kappa shape index (κ3) is 5.90. The summed E-state index contributed by atoms with van der Waals surface area (Å²) >= 11 is 0. The Morgan fingerprint density at radius 1 is 0.533 bits per heavy atom. The fourth-order valence-electron chi connectivity index (χ4n) is 8.79. The van der Waals surface area contributed by atoms with Crippen LogP contribution in [0, 0.1) is 45.9 Å². The van der Waals surface area contributed by atoms with E-state index in [2.05, 4.69) is 62.5 Å². The summed E-state index contributed by atoms with van der Waals surface area (Å²) in [5, 5.41) is 0. The van der Waals surface area contributed by atoms with Gasteiger partial charge in [0, 0.05) is 22.7 Å². The molecule has 4 aliphatic carbocycles. The summed E-state index contributed by atoms with van der Waals surface area (Å²) in [7, 11) is 0. The summed E-state index contributed by atoms with van der Waals surface area (Å²) in [6, 6.07) is 8.71. The van der Waals surface area contributed by atoms with Gasteiger partial charge in [0.25, 0.3) is 0 Å². The van der Waals surface area contributed by atoms with Crippen molar-refractivity contribution in [3.8, 4) is 0 Å². The van der Waals surface area contributed by atoms with Crippen LogP contribution in [-0.2, 0) is 15.6 Å². The lowest BCUT2D eigenvalue weighted by molar-refractivity contribution is 0.105. The molecule has 45 heavy (non-hydrogen) atoms. The average molecular weight is 619 g/mol. The number of halogens is 4. The van der Waals surface area contributed by atoms with Crippen LogP contribution >= 0.6 is 0 Å². The minimum absolute atomic E-state index is 0.0783. The lowest BCUT2D eigenvalue weighted by Crippen LogP contribution is -2.44. The van der Waals surface area contributed by atoms with Crippen molar-refractivity contribution < 1.29 is 22.3 Å². The molecule has 2 aromatic carbocycles. The first-order chi connectivity index (χ1) is 21.6. The normalized spacial score (nSPS) is 30.4. The van der Waals surface area contributed by atoms with E-state index in [9.17, 15) is 17.6 Å². The molecule has 0 N–H and O–H groups in total. The molecule has 6 rings (SSSR count). The van der Waals surface area contributed by atoms with Crippen LogP contribution in [0.5, 0.6) is 0 Å². The van der Waals surface area contributed by atoms with Gasteiger partial charge in [-0.2, -0.15) is 0 Å². The van der Waals surface area contributed by atoms with Crippen molar-refractivity contribution in [3.05, 3.63) is 119 Å². The SMILES string of the molecule is CC1(C2(c3ccc(F)c(F)c3)C=CC(COCC3C=CC(c4ccc(F)c(F)c4)(C4(C)CCCCC4)C=C3)C=C2)CCCCC1. The van der Waals surface area contributed by atoms with Gasteiger partial charge in [-0.15, -0.1) is 0 Å². The third-order valence-corrected chi connectivity index (χ3v) is 11.8. The first-order valence-corrected chi connectivity index (χ1v) is 16.9. The molecule has 0 saturated heterocycles. The predicted molar refractivity (Wildman–Crippen MR) is 173 cm³/mol. The highest BCUT2D eigenvalue weighted by Crippen LogP contribution is 2.55. The van der Waals surface area contributed by atoms with Crippen molar-refractivity contribution in [2.45, 2.75) is 88.9 Å². The number of rotatable bonds is 8. The van der Waals surface area contributed by atoms with E-state index >= 15 is 0 Å². The lowest BCUT2D eigenvalue weighted by atomic mass is 9.54. The van der Waals surface area contributed by atoms with Crippen molar-refractivity contribution in [2.75, 3.05) is 13.2 Å². The minimum Gasteiger partial charge on any atom is -0.380 e. The molecule has 0 bridgehead atoms. The molecule has 0 atom stereocenters. The van der Waals surface area contributed by atoms with E-state index in [-0.39, 0.29) is 22.7 Å². The Morgan fingerprint density at radius 3 is 1.22 bits per heavy atom. The van der Waals surface area contributed by atoms with E-state index in [1.165, 1.54) is 37.1 Å². The number of allylic oxidation sites excluding steroid dienone is 4.